The number of halogens is 1. The van der Waals surface area contributed by atoms with E-state index in [9.17, 15) is 0 Å². The summed E-state index contributed by atoms with van der Waals surface area (Å²) in [7, 11) is 0. The van der Waals surface area contributed by atoms with E-state index in [0.29, 0.717) is 5.96 Å². The van der Waals surface area contributed by atoms with Crippen LogP contribution in [0.1, 0.15) is 31.4 Å². The standard InChI is InChI=1S/C17H24N4.HI/c18-17(21-11-5-1-2-6-12-21)19-10-9-15-13-14-7-3-4-8-16(14)20-15;/h3-4,7-8,13,20H,1-2,5-6,9-12H2,(H2,18,19);1H. The molecule has 0 saturated carbocycles. The zero-order valence-electron chi connectivity index (χ0n) is 12.9. The minimum absolute atomic E-state index is 0. The van der Waals surface area contributed by atoms with Gasteiger partial charge in [-0.1, -0.05) is 31.0 Å². The van der Waals surface area contributed by atoms with E-state index < -0.39 is 0 Å². The lowest BCUT2D eigenvalue weighted by Crippen LogP contribution is -2.38. The lowest BCUT2D eigenvalue weighted by Gasteiger charge is -2.20. The first-order chi connectivity index (χ1) is 10.3. The Balaban J connectivity index is 0.00000176. The van der Waals surface area contributed by atoms with Gasteiger partial charge in [0.25, 0.3) is 0 Å². The summed E-state index contributed by atoms with van der Waals surface area (Å²) < 4.78 is 0. The van der Waals surface area contributed by atoms with Crippen LogP contribution in [0, 0.1) is 0 Å². The second-order valence-electron chi connectivity index (χ2n) is 5.77. The van der Waals surface area contributed by atoms with Crippen LogP contribution in [-0.2, 0) is 6.42 Å². The van der Waals surface area contributed by atoms with Gasteiger partial charge in [-0.05, 0) is 30.4 Å². The van der Waals surface area contributed by atoms with E-state index >= 15 is 0 Å². The van der Waals surface area contributed by atoms with E-state index in [1.165, 1.54) is 42.3 Å². The summed E-state index contributed by atoms with van der Waals surface area (Å²) in [6.07, 6.45) is 6.01. The average Bonchev–Trinajstić information content (AvgIpc) is 2.71. The fourth-order valence-electron chi connectivity index (χ4n) is 2.96. The number of hydrogen-bond acceptors (Lipinski definition) is 1. The first kappa shape index (κ1) is 17.1. The highest BCUT2D eigenvalue weighted by Gasteiger charge is 2.10. The van der Waals surface area contributed by atoms with Gasteiger partial charge in [-0.25, -0.2) is 0 Å². The molecule has 3 N–H and O–H groups in total. The zero-order valence-corrected chi connectivity index (χ0v) is 15.3. The summed E-state index contributed by atoms with van der Waals surface area (Å²) in [5.74, 6) is 0.716. The number of aromatic amines is 1. The highest BCUT2D eigenvalue weighted by Crippen LogP contribution is 2.15. The van der Waals surface area contributed by atoms with Crippen LogP contribution in [0.4, 0.5) is 0 Å². The summed E-state index contributed by atoms with van der Waals surface area (Å²) in [5, 5.41) is 1.26. The van der Waals surface area contributed by atoms with Crippen molar-refractivity contribution in [2.45, 2.75) is 32.1 Å². The molecule has 2 heterocycles. The number of guanidine groups is 1. The van der Waals surface area contributed by atoms with E-state index in [-0.39, 0.29) is 24.0 Å². The lowest BCUT2D eigenvalue weighted by atomic mass is 10.2. The third kappa shape index (κ3) is 4.38. The van der Waals surface area contributed by atoms with E-state index in [1.54, 1.807) is 0 Å². The van der Waals surface area contributed by atoms with Crippen molar-refractivity contribution in [1.82, 2.24) is 9.88 Å². The molecule has 1 saturated heterocycles. The van der Waals surface area contributed by atoms with Gasteiger partial charge in [-0.2, -0.15) is 0 Å². The number of nitrogens with one attached hydrogen (secondary N) is 1. The van der Waals surface area contributed by atoms with Crippen LogP contribution in [0.5, 0.6) is 0 Å². The van der Waals surface area contributed by atoms with Gasteiger partial charge in [-0.15, -0.1) is 24.0 Å². The Morgan fingerprint density at radius 3 is 2.59 bits per heavy atom. The normalized spacial score (nSPS) is 16.4. The highest BCUT2D eigenvalue weighted by atomic mass is 127. The van der Waals surface area contributed by atoms with Crippen LogP contribution < -0.4 is 5.73 Å². The van der Waals surface area contributed by atoms with Crippen LogP contribution in [-0.4, -0.2) is 35.5 Å². The Bertz CT molecular complexity index is 579. The molecule has 0 spiro atoms. The maximum Gasteiger partial charge on any atom is 0.191 e. The van der Waals surface area contributed by atoms with Gasteiger partial charge in [0.2, 0.25) is 0 Å². The van der Waals surface area contributed by atoms with Gasteiger partial charge in [0.05, 0.1) is 0 Å². The van der Waals surface area contributed by atoms with Gasteiger partial charge in [0, 0.05) is 37.3 Å². The molecule has 2 aromatic rings. The molecule has 120 valence electrons. The number of aliphatic imine (C=N–C) groups is 1. The van der Waals surface area contributed by atoms with Crippen LogP contribution in [0.3, 0.4) is 0 Å². The van der Waals surface area contributed by atoms with Crippen molar-refractivity contribution in [3.8, 4) is 0 Å². The Morgan fingerprint density at radius 1 is 1.14 bits per heavy atom. The summed E-state index contributed by atoms with van der Waals surface area (Å²) in [4.78, 5) is 10.2. The van der Waals surface area contributed by atoms with Gasteiger partial charge in [0.15, 0.2) is 5.96 Å². The van der Waals surface area contributed by atoms with E-state index in [1.807, 2.05) is 0 Å². The summed E-state index contributed by atoms with van der Waals surface area (Å²) in [6.45, 7) is 2.86. The van der Waals surface area contributed by atoms with E-state index in [0.717, 1.165) is 26.1 Å². The maximum atomic E-state index is 6.12. The molecule has 0 unspecified atom stereocenters. The predicted molar refractivity (Wildman–Crippen MR) is 104 cm³/mol. The Labute approximate surface area is 149 Å². The Kier molecular flexibility index (Phi) is 6.54. The van der Waals surface area contributed by atoms with Crippen LogP contribution in [0.25, 0.3) is 10.9 Å². The molecule has 1 aromatic carbocycles. The van der Waals surface area contributed by atoms with E-state index in [2.05, 4.69) is 45.2 Å². The van der Waals surface area contributed by atoms with Crippen molar-refractivity contribution >= 4 is 40.8 Å². The second kappa shape index (κ2) is 8.41. The number of likely N-dealkylation sites (tertiary alicyclic amines) is 1. The molecule has 1 aromatic heterocycles. The van der Waals surface area contributed by atoms with Gasteiger partial charge >= 0.3 is 0 Å². The van der Waals surface area contributed by atoms with Crippen molar-refractivity contribution < 1.29 is 0 Å². The van der Waals surface area contributed by atoms with Crippen molar-refractivity contribution in [2.75, 3.05) is 19.6 Å². The molecule has 4 nitrogen and oxygen atoms in total. The summed E-state index contributed by atoms with van der Waals surface area (Å²) >= 11 is 0. The van der Waals surface area contributed by atoms with Crippen molar-refractivity contribution in [1.29, 1.82) is 0 Å². The molecular formula is C17H25IN4. The summed E-state index contributed by atoms with van der Waals surface area (Å²) in [5.41, 5.74) is 8.54. The molecule has 1 aliphatic heterocycles. The molecule has 0 bridgehead atoms. The van der Waals surface area contributed by atoms with Crippen molar-refractivity contribution in [2.24, 2.45) is 10.7 Å². The molecule has 1 fully saturated rings. The van der Waals surface area contributed by atoms with Gasteiger partial charge in [-0.3, -0.25) is 4.99 Å². The first-order valence-electron chi connectivity index (χ1n) is 7.94. The first-order valence-corrected chi connectivity index (χ1v) is 7.94. The lowest BCUT2D eigenvalue weighted by molar-refractivity contribution is 0.428. The molecule has 1 aliphatic rings. The van der Waals surface area contributed by atoms with Gasteiger partial charge in [0.1, 0.15) is 0 Å². The number of hydrogen-bond donors (Lipinski definition) is 2. The Hall–Kier alpha value is -1.24. The van der Waals surface area contributed by atoms with Crippen LogP contribution >= 0.6 is 24.0 Å². The van der Waals surface area contributed by atoms with Crippen LogP contribution in [0.2, 0.25) is 0 Å². The largest absolute Gasteiger partial charge is 0.370 e. The van der Waals surface area contributed by atoms with Crippen molar-refractivity contribution in [3.63, 3.8) is 0 Å². The molecular weight excluding hydrogens is 387 g/mol. The third-order valence-electron chi connectivity index (χ3n) is 4.17. The second-order valence-corrected chi connectivity index (χ2v) is 5.77. The third-order valence-corrected chi connectivity index (χ3v) is 4.17. The molecule has 0 radical (unpaired) electrons. The average molecular weight is 412 g/mol. The van der Waals surface area contributed by atoms with Crippen molar-refractivity contribution in [3.05, 3.63) is 36.0 Å². The summed E-state index contributed by atoms with van der Waals surface area (Å²) in [6, 6.07) is 10.6. The topological polar surface area (TPSA) is 57.4 Å². The highest BCUT2D eigenvalue weighted by molar-refractivity contribution is 14.0. The Morgan fingerprint density at radius 2 is 1.86 bits per heavy atom. The quantitative estimate of drug-likeness (QED) is 0.461. The fraction of sp³-hybridized carbons (Fsp3) is 0.471. The van der Waals surface area contributed by atoms with Gasteiger partial charge < -0.3 is 15.6 Å². The molecule has 0 atom stereocenters. The maximum absolute atomic E-state index is 6.12. The smallest absolute Gasteiger partial charge is 0.191 e. The molecule has 5 heteroatoms. The van der Waals surface area contributed by atoms with E-state index in [4.69, 9.17) is 5.73 Å². The number of nitrogens with zero attached hydrogens (tertiary/aromatic N) is 2. The predicted octanol–water partition coefficient (Wildman–Crippen LogP) is 3.52. The number of aromatic nitrogens is 1. The number of para-hydroxylation sites is 1. The number of rotatable bonds is 3. The molecule has 3 rings (SSSR count). The monoisotopic (exact) mass is 412 g/mol. The minimum Gasteiger partial charge on any atom is -0.370 e. The van der Waals surface area contributed by atoms with Crippen LogP contribution in [0.15, 0.2) is 35.3 Å². The number of fused-ring (bicyclic) bond motifs is 1. The number of benzene rings is 1. The molecule has 0 aliphatic carbocycles. The SMILES string of the molecule is I.NC(=NCCc1cc2ccccc2[nH]1)N1CCCCCC1. The molecule has 22 heavy (non-hydrogen) atoms. The minimum atomic E-state index is 0. The fourth-order valence-corrected chi connectivity index (χ4v) is 2.96. The molecule has 0 amide bonds. The number of nitrogens with two attached hydrogens (primary N) is 1. The number of H-pyrrole nitrogens is 1. The zero-order chi connectivity index (χ0) is 14.5.